The number of hydrogen-bond donors (Lipinski definition) is 3. The molecule has 0 amide bonds. The van der Waals surface area contributed by atoms with Crippen LogP contribution in [0.1, 0.15) is 13.3 Å². The third kappa shape index (κ3) is 3.57. The van der Waals surface area contributed by atoms with Crippen LogP contribution in [0.5, 0.6) is 0 Å². The first kappa shape index (κ1) is 14.2. The molecule has 0 spiro atoms. The average molecular weight is 279 g/mol. The molecule has 1 atom stereocenters. The second kappa shape index (κ2) is 5.68. The van der Waals surface area contributed by atoms with Crippen molar-refractivity contribution in [2.24, 2.45) is 0 Å². The fraction of sp³-hybridized carbons (Fsp3) is 0.400. The van der Waals surface area contributed by atoms with Gasteiger partial charge in [-0.25, -0.2) is 13.1 Å². The van der Waals surface area contributed by atoms with Crippen LogP contribution in [0.2, 0.25) is 5.02 Å². The summed E-state index contributed by atoms with van der Waals surface area (Å²) >= 11 is 5.80. The number of nitrogens with two attached hydrogens (primary N) is 1. The van der Waals surface area contributed by atoms with Crippen molar-refractivity contribution in [3.05, 3.63) is 23.2 Å². The lowest BCUT2D eigenvalue weighted by molar-refractivity contribution is 0.174. The predicted octanol–water partition coefficient (Wildman–Crippen LogP) is 0.971. The van der Waals surface area contributed by atoms with Gasteiger partial charge < -0.3 is 10.8 Å². The summed E-state index contributed by atoms with van der Waals surface area (Å²) in [5.74, 6) is 0. The van der Waals surface area contributed by atoms with Crippen molar-refractivity contribution < 1.29 is 13.5 Å². The van der Waals surface area contributed by atoms with Crippen molar-refractivity contribution in [1.82, 2.24) is 4.72 Å². The molecule has 0 radical (unpaired) electrons. The van der Waals surface area contributed by atoms with E-state index in [-0.39, 0.29) is 22.2 Å². The highest BCUT2D eigenvalue weighted by molar-refractivity contribution is 7.89. The molecule has 0 aromatic heterocycles. The van der Waals surface area contributed by atoms with Crippen LogP contribution in [0.4, 0.5) is 5.69 Å². The van der Waals surface area contributed by atoms with Crippen LogP contribution in [-0.2, 0) is 10.0 Å². The van der Waals surface area contributed by atoms with E-state index in [9.17, 15) is 13.5 Å². The maximum atomic E-state index is 11.9. The molecule has 0 aliphatic rings. The van der Waals surface area contributed by atoms with Crippen LogP contribution in [0.3, 0.4) is 0 Å². The second-order valence-electron chi connectivity index (χ2n) is 3.57. The Morgan fingerprint density at radius 3 is 2.71 bits per heavy atom. The molecule has 0 heterocycles. The number of aliphatic hydroxyl groups is 1. The first-order valence-corrected chi connectivity index (χ1v) is 6.96. The van der Waals surface area contributed by atoms with Crippen LogP contribution < -0.4 is 10.5 Å². The third-order valence-corrected chi connectivity index (χ3v) is 4.21. The van der Waals surface area contributed by atoms with Crippen LogP contribution in [0.15, 0.2) is 23.1 Å². The molecule has 1 aromatic rings. The summed E-state index contributed by atoms with van der Waals surface area (Å²) in [6.45, 7) is 1.69. The lowest BCUT2D eigenvalue weighted by Crippen LogP contribution is -2.32. The number of halogens is 1. The maximum absolute atomic E-state index is 11.9. The van der Waals surface area contributed by atoms with E-state index < -0.39 is 16.1 Å². The quantitative estimate of drug-likeness (QED) is 0.700. The van der Waals surface area contributed by atoms with Gasteiger partial charge in [-0.3, -0.25) is 0 Å². The molecule has 0 bridgehead atoms. The van der Waals surface area contributed by atoms with Gasteiger partial charge in [-0.1, -0.05) is 24.6 Å². The maximum Gasteiger partial charge on any atom is 0.244 e. The molecule has 0 aliphatic heterocycles. The van der Waals surface area contributed by atoms with E-state index >= 15 is 0 Å². The molecule has 0 fully saturated rings. The summed E-state index contributed by atoms with van der Waals surface area (Å²) in [7, 11) is -3.79. The molecule has 7 heteroatoms. The monoisotopic (exact) mass is 278 g/mol. The molecule has 0 saturated heterocycles. The van der Waals surface area contributed by atoms with Crippen molar-refractivity contribution in [3.63, 3.8) is 0 Å². The summed E-state index contributed by atoms with van der Waals surface area (Å²) in [5.41, 5.74) is 5.66. The van der Waals surface area contributed by atoms with Crippen molar-refractivity contribution >= 4 is 27.3 Å². The van der Waals surface area contributed by atoms with Gasteiger partial charge in [-0.15, -0.1) is 0 Å². The highest BCUT2D eigenvalue weighted by Crippen LogP contribution is 2.26. The van der Waals surface area contributed by atoms with Gasteiger partial charge >= 0.3 is 0 Å². The van der Waals surface area contributed by atoms with Gasteiger partial charge in [0.15, 0.2) is 0 Å². The normalized spacial score (nSPS) is 13.6. The lowest BCUT2D eigenvalue weighted by atomic mass is 10.3. The van der Waals surface area contributed by atoms with Gasteiger partial charge in [0.2, 0.25) is 10.0 Å². The number of rotatable bonds is 5. The third-order valence-electron chi connectivity index (χ3n) is 2.25. The van der Waals surface area contributed by atoms with E-state index in [4.69, 9.17) is 17.3 Å². The van der Waals surface area contributed by atoms with Gasteiger partial charge in [0, 0.05) is 6.54 Å². The van der Waals surface area contributed by atoms with Gasteiger partial charge in [0.25, 0.3) is 0 Å². The molecular formula is C10H15ClN2O3S. The Balaban J connectivity index is 2.98. The number of hydrogen-bond acceptors (Lipinski definition) is 4. The van der Waals surface area contributed by atoms with Crippen LogP contribution in [0, 0.1) is 0 Å². The number of aliphatic hydroxyl groups excluding tert-OH is 1. The summed E-state index contributed by atoms with van der Waals surface area (Å²) in [6.07, 6.45) is -0.269. The largest absolute Gasteiger partial charge is 0.398 e. The minimum absolute atomic E-state index is 0.0588. The van der Waals surface area contributed by atoms with E-state index in [0.717, 1.165) is 0 Å². The van der Waals surface area contributed by atoms with E-state index in [2.05, 4.69) is 4.72 Å². The number of anilines is 1. The number of benzene rings is 1. The van der Waals surface area contributed by atoms with E-state index in [1.165, 1.54) is 12.1 Å². The zero-order valence-electron chi connectivity index (χ0n) is 9.35. The average Bonchev–Trinajstić information content (AvgIpc) is 2.25. The summed E-state index contributed by atoms with van der Waals surface area (Å²) in [4.78, 5) is -0.148. The number of nitrogen functional groups attached to an aromatic ring is 1. The predicted molar refractivity (Wildman–Crippen MR) is 67.4 cm³/mol. The van der Waals surface area contributed by atoms with Gasteiger partial charge in [-0.05, 0) is 18.6 Å². The highest BCUT2D eigenvalue weighted by Gasteiger charge is 2.21. The fourth-order valence-corrected chi connectivity index (χ4v) is 2.98. The molecule has 1 aromatic carbocycles. The van der Waals surface area contributed by atoms with Crippen molar-refractivity contribution in [2.45, 2.75) is 24.3 Å². The Morgan fingerprint density at radius 1 is 1.53 bits per heavy atom. The molecule has 1 unspecified atom stereocenters. The molecule has 0 saturated carbocycles. The Morgan fingerprint density at radius 2 is 2.18 bits per heavy atom. The molecule has 0 aliphatic carbocycles. The van der Waals surface area contributed by atoms with E-state index in [0.29, 0.717) is 6.42 Å². The fourth-order valence-electron chi connectivity index (χ4n) is 1.23. The zero-order valence-corrected chi connectivity index (χ0v) is 10.9. The Kier molecular flexibility index (Phi) is 4.76. The highest BCUT2D eigenvalue weighted by atomic mass is 35.5. The standard InChI is InChI=1S/C10H15ClN2O3S/c1-2-7(14)6-13-17(15,16)10-8(11)4-3-5-9(10)12/h3-5,7,13-14H,2,6,12H2,1H3. The van der Waals surface area contributed by atoms with Crippen LogP contribution in [0.25, 0.3) is 0 Å². The van der Waals surface area contributed by atoms with Crippen molar-refractivity contribution in [2.75, 3.05) is 12.3 Å². The van der Waals surface area contributed by atoms with Crippen LogP contribution in [-0.4, -0.2) is 26.2 Å². The van der Waals surface area contributed by atoms with Gasteiger partial charge in [0.1, 0.15) is 4.90 Å². The van der Waals surface area contributed by atoms with E-state index in [1.807, 2.05) is 0 Å². The molecular weight excluding hydrogens is 264 g/mol. The summed E-state index contributed by atoms with van der Waals surface area (Å²) in [5, 5.41) is 9.37. The molecule has 17 heavy (non-hydrogen) atoms. The molecule has 96 valence electrons. The first-order valence-electron chi connectivity index (χ1n) is 5.10. The lowest BCUT2D eigenvalue weighted by Gasteiger charge is -2.12. The van der Waals surface area contributed by atoms with Gasteiger partial charge in [-0.2, -0.15) is 0 Å². The Labute approximate surface area is 106 Å². The minimum atomic E-state index is -3.79. The van der Waals surface area contributed by atoms with Gasteiger partial charge in [0.05, 0.1) is 16.8 Å². The summed E-state index contributed by atoms with van der Waals surface area (Å²) in [6, 6.07) is 4.47. The first-order chi connectivity index (χ1) is 7.88. The van der Waals surface area contributed by atoms with E-state index in [1.54, 1.807) is 13.0 Å². The SMILES string of the molecule is CCC(O)CNS(=O)(=O)c1c(N)cccc1Cl. The Bertz CT molecular complexity index is 470. The zero-order chi connectivity index (χ0) is 13.1. The van der Waals surface area contributed by atoms with Crippen LogP contribution >= 0.6 is 11.6 Å². The number of nitrogens with one attached hydrogen (secondary N) is 1. The second-order valence-corrected chi connectivity index (χ2v) is 5.68. The summed E-state index contributed by atoms with van der Waals surface area (Å²) < 4.78 is 26.1. The van der Waals surface area contributed by atoms with Crippen molar-refractivity contribution in [1.29, 1.82) is 0 Å². The smallest absolute Gasteiger partial charge is 0.244 e. The van der Waals surface area contributed by atoms with Crippen molar-refractivity contribution in [3.8, 4) is 0 Å². The number of sulfonamides is 1. The molecule has 5 nitrogen and oxygen atoms in total. The molecule has 4 N–H and O–H groups in total. The minimum Gasteiger partial charge on any atom is -0.398 e. The Hall–Kier alpha value is -0.820. The molecule has 1 rings (SSSR count). The topological polar surface area (TPSA) is 92.4 Å².